The van der Waals surface area contributed by atoms with Crippen LogP contribution in [0.1, 0.15) is 109 Å². The lowest BCUT2D eigenvalue weighted by Crippen LogP contribution is -2.39. The maximum Gasteiger partial charge on any atom is 0.514 e. The normalized spacial score (nSPS) is 13.5. The van der Waals surface area contributed by atoms with E-state index in [9.17, 15) is 14.4 Å². The van der Waals surface area contributed by atoms with Crippen molar-refractivity contribution in [3.63, 3.8) is 0 Å². The van der Waals surface area contributed by atoms with E-state index in [1.807, 2.05) is 41.5 Å². The van der Waals surface area contributed by atoms with E-state index >= 15 is 0 Å². The van der Waals surface area contributed by atoms with Gasteiger partial charge in [-0.3, -0.25) is 0 Å². The van der Waals surface area contributed by atoms with Crippen molar-refractivity contribution in [2.24, 2.45) is 0 Å². The lowest BCUT2D eigenvalue weighted by Gasteiger charge is -2.28. The fraction of sp³-hybridized carbons (Fsp3) is 0.741. The number of carbonyl (C=O) groups excluding carboxylic acids is 3. The highest BCUT2D eigenvalue weighted by Gasteiger charge is 2.34. The molecule has 0 radical (unpaired) electrons. The number of rotatable bonds is 16. The molecule has 220 valence electrons. The molecule has 11 heteroatoms. The van der Waals surface area contributed by atoms with Crippen LogP contribution in [-0.4, -0.2) is 40.9 Å². The third-order valence-electron chi connectivity index (χ3n) is 4.68. The zero-order chi connectivity index (χ0) is 29.8. The lowest BCUT2D eigenvalue weighted by molar-refractivity contribution is -0.318. The van der Waals surface area contributed by atoms with Gasteiger partial charge in [0.25, 0.3) is 11.6 Å². The van der Waals surface area contributed by atoms with Crippen molar-refractivity contribution >= 4 is 18.1 Å². The molecule has 38 heavy (non-hydrogen) atoms. The van der Waals surface area contributed by atoms with E-state index in [0.29, 0.717) is 0 Å². The maximum atomic E-state index is 12.4. The predicted octanol–water partition coefficient (Wildman–Crippen LogP) is 6.56. The van der Waals surface area contributed by atoms with Crippen LogP contribution in [0, 0.1) is 0 Å². The lowest BCUT2D eigenvalue weighted by atomic mass is 10.0. The molecular formula is C27H46O11. The second-order valence-corrected chi connectivity index (χ2v) is 11.0. The molecule has 0 fully saturated rings. The zero-order valence-electron chi connectivity index (χ0n) is 25.0. The molecule has 0 saturated carbocycles. The van der Waals surface area contributed by atoms with Gasteiger partial charge < -0.3 is 28.7 Å². The third kappa shape index (κ3) is 15.5. The summed E-state index contributed by atoms with van der Waals surface area (Å²) in [6.07, 6.45) is 4.29. The van der Waals surface area contributed by atoms with E-state index in [-0.39, 0.29) is 11.1 Å². The van der Waals surface area contributed by atoms with Gasteiger partial charge in [0, 0.05) is 27.7 Å². The molecule has 0 amide bonds. The average molecular weight is 547 g/mol. The first kappa shape index (κ1) is 35.2. The van der Waals surface area contributed by atoms with Gasteiger partial charge in [-0.25, -0.2) is 14.4 Å². The molecule has 0 aliphatic rings. The molecule has 0 aliphatic carbocycles. The highest BCUT2D eigenvalue weighted by atomic mass is 17.2. The van der Waals surface area contributed by atoms with Crippen molar-refractivity contribution in [3.8, 4) is 0 Å². The average Bonchev–Trinajstić information content (AvgIpc) is 2.71. The monoisotopic (exact) mass is 546 g/mol. The molecule has 0 aromatic carbocycles. The van der Waals surface area contributed by atoms with Crippen molar-refractivity contribution in [2.75, 3.05) is 0 Å². The maximum absolute atomic E-state index is 12.4. The summed E-state index contributed by atoms with van der Waals surface area (Å²) in [5.74, 6) is -5.04. The molecular weight excluding hydrogens is 500 g/mol. The molecule has 0 atom stereocenters. The van der Waals surface area contributed by atoms with Gasteiger partial charge in [0.15, 0.2) is 0 Å². The molecule has 0 aromatic heterocycles. The highest BCUT2D eigenvalue weighted by Crippen LogP contribution is 2.22. The van der Waals surface area contributed by atoms with Crippen LogP contribution in [0.15, 0.2) is 23.7 Å². The molecule has 0 aromatic rings. The number of esters is 2. The number of ether oxygens (including phenoxy) is 4. The molecule has 0 spiro atoms. The summed E-state index contributed by atoms with van der Waals surface area (Å²) in [6, 6.07) is 0. The van der Waals surface area contributed by atoms with E-state index in [4.69, 9.17) is 38.5 Å². The SMILES string of the molecule is CCCC(C)(C)OO/C=C(\C)C(=O)OC(C)(C)OC(=O)OC(C)(C)OC(=O)/C(C)=C/OOC(C)(C)CCC. The number of carbonyl (C=O) groups is 3. The van der Waals surface area contributed by atoms with Crippen LogP contribution in [-0.2, 0) is 48.1 Å². The smallest absolute Gasteiger partial charge is 0.420 e. The molecule has 11 nitrogen and oxygen atoms in total. The van der Waals surface area contributed by atoms with Gasteiger partial charge in [0.1, 0.15) is 23.7 Å². The van der Waals surface area contributed by atoms with Crippen LogP contribution in [0.2, 0.25) is 0 Å². The van der Waals surface area contributed by atoms with Gasteiger partial charge in [-0.1, -0.05) is 26.7 Å². The van der Waals surface area contributed by atoms with Gasteiger partial charge in [0.2, 0.25) is 0 Å². The second kappa shape index (κ2) is 15.0. The van der Waals surface area contributed by atoms with Crippen molar-refractivity contribution in [2.45, 2.75) is 132 Å². The minimum absolute atomic E-state index is 0.0724. The molecule has 0 unspecified atom stereocenters. The Morgan fingerprint density at radius 3 is 1.18 bits per heavy atom. The van der Waals surface area contributed by atoms with Gasteiger partial charge in [0.05, 0.1) is 11.1 Å². The summed E-state index contributed by atoms with van der Waals surface area (Å²) in [5.41, 5.74) is -0.914. The molecule has 0 heterocycles. The van der Waals surface area contributed by atoms with Crippen molar-refractivity contribution in [1.29, 1.82) is 0 Å². The Morgan fingerprint density at radius 2 is 0.895 bits per heavy atom. The largest absolute Gasteiger partial charge is 0.514 e. The highest BCUT2D eigenvalue weighted by molar-refractivity contribution is 5.88. The fourth-order valence-electron chi connectivity index (χ4n) is 2.91. The molecule has 0 bridgehead atoms. The van der Waals surface area contributed by atoms with Gasteiger partial charge in [-0.05, 0) is 54.4 Å². The molecule has 0 aliphatic heterocycles. The summed E-state index contributed by atoms with van der Waals surface area (Å²) >= 11 is 0. The third-order valence-corrected chi connectivity index (χ3v) is 4.68. The van der Waals surface area contributed by atoms with Crippen molar-refractivity contribution in [3.05, 3.63) is 23.7 Å². The Labute approximate surface area is 226 Å². The summed E-state index contributed by atoms with van der Waals surface area (Å²) < 4.78 is 20.6. The van der Waals surface area contributed by atoms with Crippen LogP contribution in [0.4, 0.5) is 4.79 Å². The fourth-order valence-corrected chi connectivity index (χ4v) is 2.91. The minimum Gasteiger partial charge on any atom is -0.420 e. The van der Waals surface area contributed by atoms with E-state index in [1.165, 1.54) is 41.5 Å². The van der Waals surface area contributed by atoms with Gasteiger partial charge in [-0.2, -0.15) is 9.78 Å². The standard InChI is InChI=1S/C27H46O11/c1-13-15-24(5,6)37-31-17-19(3)21(28)33-26(9,10)35-23(30)36-27(11,12)34-22(29)20(4)18-32-38-25(7,8)16-14-2/h17-18H,13-16H2,1-12H3/b19-17+,20-18+. The molecule has 0 rings (SSSR count). The van der Waals surface area contributed by atoms with E-state index in [1.54, 1.807) is 0 Å². The first-order chi connectivity index (χ1) is 17.2. The predicted molar refractivity (Wildman–Crippen MR) is 138 cm³/mol. The van der Waals surface area contributed by atoms with Crippen LogP contribution >= 0.6 is 0 Å². The first-order valence-corrected chi connectivity index (χ1v) is 12.7. The summed E-state index contributed by atoms with van der Waals surface area (Å²) in [7, 11) is 0. The second-order valence-electron chi connectivity index (χ2n) is 11.0. The summed E-state index contributed by atoms with van der Waals surface area (Å²) in [4.78, 5) is 57.7. The van der Waals surface area contributed by atoms with E-state index < -0.39 is 40.9 Å². The Balaban J connectivity index is 4.86. The van der Waals surface area contributed by atoms with Crippen molar-refractivity contribution < 1.29 is 52.9 Å². The summed E-state index contributed by atoms with van der Waals surface area (Å²) in [6.45, 7) is 19.7. The number of hydrogen-bond donors (Lipinski definition) is 0. The van der Waals surface area contributed by atoms with Crippen LogP contribution in [0.25, 0.3) is 0 Å². The van der Waals surface area contributed by atoms with E-state index in [2.05, 4.69) is 0 Å². The number of hydrogen-bond acceptors (Lipinski definition) is 11. The van der Waals surface area contributed by atoms with Crippen LogP contribution in [0.3, 0.4) is 0 Å². The Hall–Kier alpha value is -2.79. The van der Waals surface area contributed by atoms with E-state index in [0.717, 1.165) is 38.2 Å². The van der Waals surface area contributed by atoms with Crippen LogP contribution < -0.4 is 0 Å². The van der Waals surface area contributed by atoms with Crippen molar-refractivity contribution in [1.82, 2.24) is 0 Å². The Morgan fingerprint density at radius 1 is 0.579 bits per heavy atom. The van der Waals surface area contributed by atoms with Crippen LogP contribution in [0.5, 0.6) is 0 Å². The first-order valence-electron chi connectivity index (χ1n) is 12.7. The van der Waals surface area contributed by atoms with Gasteiger partial charge in [-0.15, -0.1) is 0 Å². The minimum atomic E-state index is -1.71. The topological polar surface area (TPSA) is 125 Å². The van der Waals surface area contributed by atoms with Gasteiger partial charge >= 0.3 is 18.1 Å². The Kier molecular flexibility index (Phi) is 13.9. The molecule has 0 saturated heterocycles. The summed E-state index contributed by atoms with van der Waals surface area (Å²) in [5, 5.41) is 0. The Bertz CT molecular complexity index is 783. The zero-order valence-corrected chi connectivity index (χ0v) is 25.0. The molecule has 0 N–H and O–H groups in total. The quantitative estimate of drug-likeness (QED) is 0.0522.